The zero-order valence-electron chi connectivity index (χ0n) is 24.3. The van der Waals surface area contributed by atoms with E-state index in [1.165, 1.54) is 45.3 Å². The molecule has 1 aliphatic carbocycles. The van der Waals surface area contributed by atoms with Gasteiger partial charge in [-0.15, -0.1) is 0 Å². The molecule has 1 unspecified atom stereocenters. The molecule has 3 aromatic rings. The van der Waals surface area contributed by atoms with Crippen LogP contribution in [-0.2, 0) is 32.8 Å². The molecule has 1 aromatic heterocycles. The molecule has 43 heavy (non-hydrogen) atoms. The number of nitrogens with zero attached hydrogens (tertiary/aromatic N) is 2. The van der Waals surface area contributed by atoms with Crippen molar-refractivity contribution >= 4 is 17.4 Å². The zero-order chi connectivity index (χ0) is 32.1. The number of Topliss-reactive ketones (excluding diaryl/α,β-unsaturated/α-hetero) is 1. The molecular weight excluding hydrogens is 577 g/mol. The minimum Gasteiger partial charge on any atom is -0.313 e. The van der Waals surface area contributed by atoms with Crippen LogP contribution in [0.3, 0.4) is 0 Å². The summed E-state index contributed by atoms with van der Waals surface area (Å²) in [6.07, 6.45) is -6.66. The second-order valence-electron chi connectivity index (χ2n) is 12.0. The Kier molecular flexibility index (Phi) is 8.27. The Labute approximate surface area is 244 Å². The predicted octanol–water partition coefficient (Wildman–Crippen LogP) is 8.58. The fourth-order valence-electron chi connectivity index (χ4n) is 5.66. The lowest BCUT2D eigenvalue weighted by Crippen LogP contribution is -2.42. The van der Waals surface area contributed by atoms with Crippen LogP contribution in [0.2, 0.25) is 0 Å². The number of likely N-dealkylation sites (N-methyl/N-ethyl adjacent to an activating group) is 1. The summed E-state index contributed by atoms with van der Waals surface area (Å²) in [5, 5.41) is 0. The van der Waals surface area contributed by atoms with E-state index in [4.69, 9.17) is 0 Å². The predicted molar refractivity (Wildman–Crippen MR) is 148 cm³/mol. The summed E-state index contributed by atoms with van der Waals surface area (Å²) in [4.78, 5) is 32.0. The summed E-state index contributed by atoms with van der Waals surface area (Å²) in [5.41, 5.74) is -3.64. The van der Waals surface area contributed by atoms with Gasteiger partial charge in [-0.3, -0.25) is 14.6 Å². The zero-order valence-corrected chi connectivity index (χ0v) is 24.3. The van der Waals surface area contributed by atoms with Crippen molar-refractivity contribution in [3.05, 3.63) is 82.4 Å². The standard InChI is InChI=1S/C32H31F7N2O2/c1-18-11-22(33)8-9-24(18)25-15-27(30(4)10-6-7-23(42)16-30)40-17-26(25)41(5)28(43)29(2,3)19-12-20(31(34,35)36)14-21(13-19)32(37,38)39/h8-9,11-15,17H,6-7,10,16H2,1-5H3. The van der Waals surface area contributed by atoms with Gasteiger partial charge >= 0.3 is 12.4 Å². The number of alkyl halides is 6. The summed E-state index contributed by atoms with van der Waals surface area (Å²) >= 11 is 0. The molecule has 0 spiro atoms. The van der Waals surface area contributed by atoms with E-state index in [0.717, 1.165) is 4.90 Å². The maximum Gasteiger partial charge on any atom is 0.416 e. The number of aryl methyl sites for hydroxylation is 1. The second-order valence-corrected chi connectivity index (χ2v) is 12.0. The Hall–Kier alpha value is -3.76. The van der Waals surface area contributed by atoms with Crippen LogP contribution >= 0.6 is 0 Å². The molecular formula is C32H31F7N2O2. The molecule has 1 atom stereocenters. The molecule has 0 bridgehead atoms. The smallest absolute Gasteiger partial charge is 0.313 e. The van der Waals surface area contributed by atoms with E-state index in [1.54, 1.807) is 13.0 Å². The Bertz CT molecular complexity index is 1540. The van der Waals surface area contributed by atoms with E-state index in [-0.39, 0.29) is 24.0 Å². The van der Waals surface area contributed by atoms with Gasteiger partial charge in [0.05, 0.1) is 28.4 Å². The summed E-state index contributed by atoms with van der Waals surface area (Å²) in [7, 11) is 1.35. The number of rotatable bonds is 5. The van der Waals surface area contributed by atoms with E-state index in [0.29, 0.717) is 53.8 Å². The molecule has 0 aliphatic heterocycles. The van der Waals surface area contributed by atoms with Crippen LogP contribution in [0.25, 0.3) is 11.1 Å². The van der Waals surface area contributed by atoms with Crippen LogP contribution in [0.5, 0.6) is 0 Å². The molecule has 1 heterocycles. The number of carbonyl (C=O) groups is 2. The van der Waals surface area contributed by atoms with Crippen molar-refractivity contribution in [1.29, 1.82) is 0 Å². The van der Waals surface area contributed by atoms with Gasteiger partial charge in [-0.2, -0.15) is 26.3 Å². The number of aromatic nitrogens is 1. The highest BCUT2D eigenvalue weighted by atomic mass is 19.4. The average molecular weight is 609 g/mol. The van der Waals surface area contributed by atoms with Gasteiger partial charge in [0, 0.05) is 36.6 Å². The third-order valence-corrected chi connectivity index (χ3v) is 8.26. The molecule has 230 valence electrons. The fourth-order valence-corrected chi connectivity index (χ4v) is 5.66. The minimum absolute atomic E-state index is 0.0163. The van der Waals surface area contributed by atoms with E-state index in [2.05, 4.69) is 4.98 Å². The quantitative estimate of drug-likeness (QED) is 0.273. The van der Waals surface area contributed by atoms with Crippen LogP contribution < -0.4 is 4.90 Å². The number of hydrogen-bond acceptors (Lipinski definition) is 3. The number of anilines is 1. The molecule has 1 saturated carbocycles. The van der Waals surface area contributed by atoms with Crippen LogP contribution in [0.15, 0.2) is 48.7 Å². The molecule has 1 amide bonds. The third kappa shape index (κ3) is 6.45. The average Bonchev–Trinajstić information content (AvgIpc) is 2.90. The molecule has 0 radical (unpaired) electrons. The number of amides is 1. The van der Waals surface area contributed by atoms with Crippen LogP contribution in [0.1, 0.15) is 74.4 Å². The SMILES string of the molecule is Cc1cc(F)ccc1-c1cc(C2(C)CCCC(=O)C2)ncc1N(C)C(=O)C(C)(C)c1cc(C(F)(F)F)cc(C(F)(F)F)c1. The number of benzene rings is 2. The highest BCUT2D eigenvalue weighted by Gasteiger charge is 2.42. The fraction of sp³-hybridized carbons (Fsp3) is 0.406. The van der Waals surface area contributed by atoms with Crippen LogP contribution in [0, 0.1) is 12.7 Å². The molecule has 11 heteroatoms. The lowest BCUT2D eigenvalue weighted by Gasteiger charge is -2.34. The maximum absolute atomic E-state index is 14.0. The Morgan fingerprint density at radius 2 is 1.49 bits per heavy atom. The molecule has 4 nitrogen and oxygen atoms in total. The number of hydrogen-bond donors (Lipinski definition) is 0. The topological polar surface area (TPSA) is 50.3 Å². The monoisotopic (exact) mass is 608 g/mol. The first-order valence-electron chi connectivity index (χ1n) is 13.6. The van der Waals surface area contributed by atoms with Crippen LogP contribution in [-0.4, -0.2) is 23.7 Å². The van der Waals surface area contributed by atoms with Crippen molar-refractivity contribution in [3.63, 3.8) is 0 Å². The van der Waals surface area contributed by atoms with E-state index in [1.807, 2.05) is 6.92 Å². The molecule has 1 fully saturated rings. The lowest BCUT2D eigenvalue weighted by atomic mass is 9.72. The molecule has 2 aromatic carbocycles. The van der Waals surface area contributed by atoms with Crippen molar-refractivity contribution in [2.45, 2.75) is 76.6 Å². The van der Waals surface area contributed by atoms with Gasteiger partial charge in [0.2, 0.25) is 5.91 Å². The van der Waals surface area contributed by atoms with Gasteiger partial charge in [-0.1, -0.05) is 13.0 Å². The van der Waals surface area contributed by atoms with Crippen molar-refractivity contribution in [3.8, 4) is 11.1 Å². The van der Waals surface area contributed by atoms with E-state index < -0.39 is 51.6 Å². The second kappa shape index (κ2) is 11.1. The highest BCUT2D eigenvalue weighted by molar-refractivity contribution is 6.03. The first kappa shape index (κ1) is 32.2. The van der Waals surface area contributed by atoms with Crippen molar-refractivity contribution < 1.29 is 40.3 Å². The summed E-state index contributed by atoms with van der Waals surface area (Å²) in [6, 6.07) is 6.90. The van der Waals surface area contributed by atoms with Gasteiger partial charge in [0.1, 0.15) is 11.6 Å². The van der Waals surface area contributed by atoms with Gasteiger partial charge in [0.15, 0.2) is 0 Å². The first-order chi connectivity index (χ1) is 19.7. The summed E-state index contributed by atoms with van der Waals surface area (Å²) < 4.78 is 95.5. The normalized spacial score (nSPS) is 18.1. The number of ketones is 1. The number of halogens is 7. The molecule has 0 N–H and O–H groups in total. The van der Waals surface area contributed by atoms with Gasteiger partial charge in [-0.05, 0) is 86.7 Å². The molecule has 0 saturated heterocycles. The first-order valence-corrected chi connectivity index (χ1v) is 13.6. The molecule has 1 aliphatic rings. The van der Waals surface area contributed by atoms with Gasteiger partial charge in [-0.25, -0.2) is 4.39 Å². The third-order valence-electron chi connectivity index (χ3n) is 8.26. The van der Waals surface area contributed by atoms with E-state index in [9.17, 15) is 40.3 Å². The highest BCUT2D eigenvalue weighted by Crippen LogP contribution is 2.43. The number of carbonyl (C=O) groups excluding carboxylic acids is 2. The van der Waals surface area contributed by atoms with Gasteiger partial charge in [0.25, 0.3) is 0 Å². The number of pyridine rings is 1. The maximum atomic E-state index is 14.0. The minimum atomic E-state index is -5.08. The van der Waals surface area contributed by atoms with Crippen molar-refractivity contribution in [2.24, 2.45) is 0 Å². The van der Waals surface area contributed by atoms with E-state index >= 15 is 0 Å². The Balaban J connectivity index is 1.85. The van der Waals surface area contributed by atoms with Crippen LogP contribution in [0.4, 0.5) is 36.4 Å². The Morgan fingerprint density at radius 3 is 2.02 bits per heavy atom. The molecule has 4 rings (SSSR count). The van der Waals surface area contributed by atoms with Crippen molar-refractivity contribution in [2.75, 3.05) is 11.9 Å². The van der Waals surface area contributed by atoms with Crippen molar-refractivity contribution in [1.82, 2.24) is 4.98 Å². The Morgan fingerprint density at radius 1 is 0.907 bits per heavy atom. The van der Waals surface area contributed by atoms with Gasteiger partial charge < -0.3 is 4.90 Å². The summed E-state index contributed by atoms with van der Waals surface area (Å²) in [6.45, 7) is 6.08. The lowest BCUT2D eigenvalue weighted by molar-refractivity contribution is -0.143. The summed E-state index contributed by atoms with van der Waals surface area (Å²) in [5.74, 6) is -1.19. The largest absolute Gasteiger partial charge is 0.416 e.